The Morgan fingerprint density at radius 3 is 2.69 bits per heavy atom. The van der Waals surface area contributed by atoms with Crippen LogP contribution in [0.1, 0.15) is 12.5 Å². The number of urea groups is 1. The molecule has 1 aromatic carbocycles. The molecule has 0 heterocycles. The normalized spacial score (nSPS) is 11.5. The number of carbonyl (C=O) groups is 1. The number of nitrogens with zero attached hydrogens (tertiary/aromatic N) is 1. The minimum atomic E-state index is -0.549. The van der Waals surface area contributed by atoms with Crippen LogP contribution in [0.4, 0.5) is 4.79 Å². The standard InChI is InChI=1S/C11H14N4O/c1-9(14-15-11(16)13-12)7-8-10-5-3-2-4-6-10/h2-8H,12H2,1H3,(H2,13,15,16). The highest BCUT2D eigenvalue weighted by Gasteiger charge is 1.91. The Bertz CT molecular complexity index is 398. The molecule has 0 saturated carbocycles. The SMILES string of the molecule is CC(C=Cc1ccccc1)=NNC(=O)NN. The van der Waals surface area contributed by atoms with E-state index < -0.39 is 6.03 Å². The molecule has 0 aromatic heterocycles. The molecule has 0 aliphatic rings. The first-order chi connectivity index (χ1) is 7.72. The number of hydrogen-bond donors (Lipinski definition) is 3. The minimum Gasteiger partial charge on any atom is -0.274 e. The Labute approximate surface area is 94.0 Å². The Kier molecular flexibility index (Phi) is 4.75. The van der Waals surface area contributed by atoms with Gasteiger partial charge in [0.2, 0.25) is 0 Å². The number of nitrogens with one attached hydrogen (secondary N) is 2. The molecule has 0 aliphatic carbocycles. The molecule has 0 aliphatic heterocycles. The van der Waals surface area contributed by atoms with Crippen molar-refractivity contribution in [2.45, 2.75) is 6.92 Å². The molecule has 0 bridgehead atoms. The van der Waals surface area contributed by atoms with E-state index in [2.05, 4.69) is 10.5 Å². The molecule has 1 aromatic rings. The first-order valence-corrected chi connectivity index (χ1v) is 4.76. The molecule has 1 rings (SSSR count). The van der Waals surface area contributed by atoms with Gasteiger partial charge in [-0.05, 0) is 18.6 Å². The fourth-order valence-electron chi connectivity index (χ4n) is 0.989. The molecule has 16 heavy (non-hydrogen) atoms. The molecule has 0 spiro atoms. The summed E-state index contributed by atoms with van der Waals surface area (Å²) in [4.78, 5) is 10.7. The van der Waals surface area contributed by atoms with Gasteiger partial charge in [-0.3, -0.25) is 5.43 Å². The van der Waals surface area contributed by atoms with Crippen LogP contribution in [0.3, 0.4) is 0 Å². The maximum atomic E-state index is 10.7. The van der Waals surface area contributed by atoms with Crippen LogP contribution in [0.15, 0.2) is 41.5 Å². The van der Waals surface area contributed by atoms with Crippen LogP contribution in [-0.2, 0) is 0 Å². The maximum Gasteiger partial charge on any atom is 0.349 e. The summed E-state index contributed by atoms with van der Waals surface area (Å²) < 4.78 is 0. The average molecular weight is 218 g/mol. The second-order valence-electron chi connectivity index (χ2n) is 3.08. The second-order valence-corrected chi connectivity index (χ2v) is 3.08. The lowest BCUT2D eigenvalue weighted by atomic mass is 10.2. The Morgan fingerprint density at radius 2 is 2.06 bits per heavy atom. The number of amides is 2. The van der Waals surface area contributed by atoms with Crippen molar-refractivity contribution in [3.05, 3.63) is 42.0 Å². The third-order valence-corrected chi connectivity index (χ3v) is 1.78. The van der Waals surface area contributed by atoms with Gasteiger partial charge in [0, 0.05) is 0 Å². The van der Waals surface area contributed by atoms with Gasteiger partial charge in [-0.25, -0.2) is 16.1 Å². The van der Waals surface area contributed by atoms with Crippen LogP contribution in [0.25, 0.3) is 6.08 Å². The molecule has 0 fully saturated rings. The maximum absolute atomic E-state index is 10.7. The summed E-state index contributed by atoms with van der Waals surface area (Å²) in [5.74, 6) is 4.87. The lowest BCUT2D eigenvalue weighted by Gasteiger charge is -1.97. The molecule has 5 nitrogen and oxygen atoms in total. The third kappa shape index (κ3) is 4.39. The van der Waals surface area contributed by atoms with Crippen molar-refractivity contribution in [2.75, 3.05) is 0 Å². The van der Waals surface area contributed by atoms with Crippen molar-refractivity contribution in [1.29, 1.82) is 0 Å². The van der Waals surface area contributed by atoms with Crippen molar-refractivity contribution in [3.63, 3.8) is 0 Å². The van der Waals surface area contributed by atoms with Crippen molar-refractivity contribution >= 4 is 17.8 Å². The van der Waals surface area contributed by atoms with E-state index in [4.69, 9.17) is 5.84 Å². The van der Waals surface area contributed by atoms with Crippen LogP contribution in [0.2, 0.25) is 0 Å². The number of benzene rings is 1. The molecule has 4 N–H and O–H groups in total. The number of hydrazone groups is 1. The predicted octanol–water partition coefficient (Wildman–Crippen LogP) is 1.25. The van der Waals surface area contributed by atoms with Gasteiger partial charge in [0.05, 0.1) is 5.71 Å². The Balaban J connectivity index is 2.54. The number of rotatable bonds is 3. The zero-order valence-corrected chi connectivity index (χ0v) is 8.97. The summed E-state index contributed by atoms with van der Waals surface area (Å²) in [6, 6.07) is 9.25. The molecule has 0 saturated heterocycles. The summed E-state index contributed by atoms with van der Waals surface area (Å²) in [5, 5.41) is 3.80. The zero-order chi connectivity index (χ0) is 11.8. The third-order valence-electron chi connectivity index (χ3n) is 1.78. The van der Waals surface area contributed by atoms with Crippen molar-refractivity contribution < 1.29 is 4.79 Å². The van der Waals surface area contributed by atoms with Gasteiger partial charge in [-0.2, -0.15) is 5.10 Å². The van der Waals surface area contributed by atoms with Crippen LogP contribution in [0, 0.1) is 0 Å². The number of hydrogen-bond acceptors (Lipinski definition) is 3. The highest BCUT2D eigenvalue weighted by Crippen LogP contribution is 2.00. The molecule has 0 unspecified atom stereocenters. The van der Waals surface area contributed by atoms with Gasteiger partial charge in [-0.1, -0.05) is 36.4 Å². The van der Waals surface area contributed by atoms with Crippen molar-refractivity contribution in [1.82, 2.24) is 10.9 Å². The number of allylic oxidation sites excluding steroid dienone is 1. The van der Waals surface area contributed by atoms with E-state index in [0.29, 0.717) is 5.71 Å². The highest BCUT2D eigenvalue weighted by molar-refractivity contribution is 5.96. The number of carbonyl (C=O) groups excluding carboxylic acids is 1. The number of hydrazine groups is 1. The van der Waals surface area contributed by atoms with Gasteiger partial charge < -0.3 is 0 Å². The van der Waals surface area contributed by atoms with Crippen LogP contribution in [-0.4, -0.2) is 11.7 Å². The summed E-state index contributed by atoms with van der Waals surface area (Å²) in [6.07, 6.45) is 3.70. The van der Waals surface area contributed by atoms with E-state index in [1.807, 2.05) is 41.8 Å². The first kappa shape index (κ1) is 11.9. The summed E-state index contributed by atoms with van der Waals surface area (Å²) >= 11 is 0. The highest BCUT2D eigenvalue weighted by atomic mass is 16.2. The van der Waals surface area contributed by atoms with E-state index >= 15 is 0 Å². The van der Waals surface area contributed by atoms with E-state index in [1.165, 1.54) is 0 Å². The van der Waals surface area contributed by atoms with E-state index in [1.54, 1.807) is 13.0 Å². The molecule has 84 valence electrons. The van der Waals surface area contributed by atoms with Gasteiger partial charge >= 0.3 is 6.03 Å². The fourth-order valence-corrected chi connectivity index (χ4v) is 0.989. The van der Waals surface area contributed by atoms with E-state index in [-0.39, 0.29) is 0 Å². The van der Waals surface area contributed by atoms with Gasteiger partial charge in [0.15, 0.2) is 0 Å². The summed E-state index contributed by atoms with van der Waals surface area (Å²) in [5.41, 5.74) is 5.89. The Morgan fingerprint density at radius 1 is 1.38 bits per heavy atom. The minimum absolute atomic E-state index is 0.549. The molecule has 0 atom stereocenters. The van der Waals surface area contributed by atoms with Crippen LogP contribution < -0.4 is 16.7 Å². The number of nitrogens with two attached hydrogens (primary N) is 1. The predicted molar refractivity (Wildman–Crippen MR) is 64.4 cm³/mol. The summed E-state index contributed by atoms with van der Waals surface area (Å²) in [6.45, 7) is 1.77. The monoisotopic (exact) mass is 218 g/mol. The molecule has 2 amide bonds. The lowest BCUT2D eigenvalue weighted by Crippen LogP contribution is -2.37. The molecule has 5 heteroatoms. The largest absolute Gasteiger partial charge is 0.349 e. The van der Waals surface area contributed by atoms with Crippen molar-refractivity contribution in [3.8, 4) is 0 Å². The second kappa shape index (κ2) is 6.36. The van der Waals surface area contributed by atoms with E-state index in [9.17, 15) is 4.79 Å². The van der Waals surface area contributed by atoms with Crippen molar-refractivity contribution in [2.24, 2.45) is 10.9 Å². The van der Waals surface area contributed by atoms with Gasteiger partial charge in [0.25, 0.3) is 0 Å². The van der Waals surface area contributed by atoms with Crippen LogP contribution >= 0.6 is 0 Å². The Hall–Kier alpha value is -2.14. The average Bonchev–Trinajstić information content (AvgIpc) is 2.34. The first-order valence-electron chi connectivity index (χ1n) is 4.76. The van der Waals surface area contributed by atoms with Gasteiger partial charge in [0.1, 0.15) is 0 Å². The molecular weight excluding hydrogens is 204 g/mol. The van der Waals surface area contributed by atoms with E-state index in [0.717, 1.165) is 5.56 Å². The summed E-state index contributed by atoms with van der Waals surface area (Å²) in [7, 11) is 0. The smallest absolute Gasteiger partial charge is 0.274 e. The molecular formula is C11H14N4O. The topological polar surface area (TPSA) is 79.5 Å². The fraction of sp³-hybridized carbons (Fsp3) is 0.0909. The lowest BCUT2D eigenvalue weighted by molar-refractivity contribution is 0.241. The quantitative estimate of drug-likeness (QED) is 0.309. The van der Waals surface area contributed by atoms with Gasteiger partial charge in [-0.15, -0.1) is 0 Å². The molecule has 0 radical (unpaired) electrons. The van der Waals surface area contributed by atoms with Crippen LogP contribution in [0.5, 0.6) is 0 Å². The zero-order valence-electron chi connectivity index (χ0n) is 8.97.